The Bertz CT molecular complexity index is 1230. The summed E-state index contributed by atoms with van der Waals surface area (Å²) in [5, 5.41) is 7.83. The molecule has 3 aromatic heterocycles. The lowest BCUT2D eigenvalue weighted by Gasteiger charge is -2.35. The zero-order chi connectivity index (χ0) is 21.5. The number of benzene rings is 1. The van der Waals surface area contributed by atoms with Gasteiger partial charge in [0, 0.05) is 50.8 Å². The number of aromatic nitrogens is 5. The van der Waals surface area contributed by atoms with E-state index in [0.29, 0.717) is 17.4 Å². The number of aromatic amines is 1. The fourth-order valence-electron chi connectivity index (χ4n) is 4.02. The maximum absolute atomic E-state index is 6.27. The molecule has 4 aromatic rings. The summed E-state index contributed by atoms with van der Waals surface area (Å²) in [6.07, 6.45) is 3.66. The van der Waals surface area contributed by atoms with E-state index < -0.39 is 0 Å². The molecular weight excluding hydrogens is 458 g/mol. The second-order valence-electron chi connectivity index (χ2n) is 7.86. The lowest BCUT2D eigenvalue weighted by Crippen LogP contribution is -2.49. The Kier molecular flexibility index (Phi) is 5.15. The fourth-order valence-corrected chi connectivity index (χ4v) is 4.40. The predicted octanol–water partition coefficient (Wildman–Crippen LogP) is 4.02. The third kappa shape index (κ3) is 3.79. The van der Waals surface area contributed by atoms with Gasteiger partial charge in [0.1, 0.15) is 17.1 Å². The van der Waals surface area contributed by atoms with Crippen molar-refractivity contribution in [1.82, 2.24) is 30.0 Å². The van der Waals surface area contributed by atoms with Crippen molar-refractivity contribution in [2.75, 3.05) is 24.5 Å². The van der Waals surface area contributed by atoms with Gasteiger partial charge in [-0.15, -0.1) is 0 Å². The Labute approximate surface area is 188 Å². The van der Waals surface area contributed by atoms with E-state index in [4.69, 9.17) is 4.74 Å². The first-order valence-corrected chi connectivity index (χ1v) is 11.1. The van der Waals surface area contributed by atoms with Crippen LogP contribution in [-0.2, 0) is 7.05 Å². The van der Waals surface area contributed by atoms with Gasteiger partial charge in [0.05, 0.1) is 15.7 Å². The Morgan fingerprint density at radius 3 is 2.74 bits per heavy atom. The number of H-pyrrole nitrogens is 1. The molecule has 9 heteroatoms. The minimum Gasteiger partial charge on any atom is -0.454 e. The molecule has 8 nitrogen and oxygen atoms in total. The molecule has 1 fully saturated rings. The number of piperazine rings is 1. The van der Waals surface area contributed by atoms with E-state index >= 15 is 0 Å². The monoisotopic (exact) mass is 481 g/mol. The largest absolute Gasteiger partial charge is 0.454 e. The van der Waals surface area contributed by atoms with Crippen LogP contribution in [0.3, 0.4) is 0 Å². The number of rotatable bonds is 4. The van der Waals surface area contributed by atoms with Crippen LogP contribution in [0.25, 0.3) is 22.6 Å². The zero-order valence-electron chi connectivity index (χ0n) is 17.7. The van der Waals surface area contributed by atoms with E-state index in [2.05, 4.69) is 65.3 Å². The third-order valence-electron chi connectivity index (χ3n) is 5.59. The standard InChI is InChI=1S/C22H24BrN7O/c1-13-10-24-8-9-30(13)15-4-6-16(7-5-15)31-20-18(23)11-25-22-19(20)26-21(27-22)17-12-29(3)28-14(17)2/h4-7,11-13,24H,8-10H2,1-3H3,(H,25,26,27)/t13-/m0/s1. The number of fused-ring (bicyclic) bond motifs is 1. The normalized spacial score (nSPS) is 16.8. The number of aryl methyl sites for hydroxylation is 2. The Morgan fingerprint density at radius 2 is 2.03 bits per heavy atom. The molecule has 160 valence electrons. The maximum atomic E-state index is 6.27. The molecule has 0 spiro atoms. The van der Waals surface area contributed by atoms with Crippen molar-refractivity contribution in [2.45, 2.75) is 19.9 Å². The van der Waals surface area contributed by atoms with Crippen LogP contribution in [0.15, 0.2) is 41.1 Å². The third-order valence-corrected chi connectivity index (χ3v) is 6.15. The van der Waals surface area contributed by atoms with Crippen LogP contribution in [-0.4, -0.2) is 50.4 Å². The first-order valence-electron chi connectivity index (χ1n) is 10.3. The fraction of sp³-hybridized carbons (Fsp3) is 0.318. The molecular formula is C22H24BrN7O. The van der Waals surface area contributed by atoms with Crippen LogP contribution >= 0.6 is 15.9 Å². The summed E-state index contributed by atoms with van der Waals surface area (Å²) in [5.41, 5.74) is 4.39. The van der Waals surface area contributed by atoms with E-state index in [1.807, 2.05) is 32.3 Å². The first kappa shape index (κ1) is 20.0. The van der Waals surface area contributed by atoms with Crippen molar-refractivity contribution in [3.8, 4) is 22.9 Å². The van der Waals surface area contributed by atoms with Gasteiger partial charge in [-0.05, 0) is 54.0 Å². The second-order valence-corrected chi connectivity index (χ2v) is 8.72. The lowest BCUT2D eigenvalue weighted by molar-refractivity contribution is 0.482. The molecule has 2 N–H and O–H groups in total. The summed E-state index contributed by atoms with van der Waals surface area (Å²) in [5.74, 6) is 2.14. The number of halogens is 1. The number of nitrogens with one attached hydrogen (secondary N) is 2. The molecule has 1 aliphatic rings. The maximum Gasteiger partial charge on any atom is 0.182 e. The summed E-state index contributed by atoms with van der Waals surface area (Å²) >= 11 is 3.58. The Hall–Kier alpha value is -2.91. The number of imidazole rings is 1. The highest BCUT2D eigenvalue weighted by Gasteiger charge is 2.19. The molecule has 1 saturated heterocycles. The molecule has 1 aromatic carbocycles. The van der Waals surface area contributed by atoms with Crippen molar-refractivity contribution in [3.05, 3.63) is 46.8 Å². The summed E-state index contributed by atoms with van der Waals surface area (Å²) in [6.45, 7) is 7.20. The van der Waals surface area contributed by atoms with Gasteiger partial charge in [-0.3, -0.25) is 4.68 Å². The average molecular weight is 482 g/mol. The van der Waals surface area contributed by atoms with Crippen molar-refractivity contribution < 1.29 is 4.74 Å². The minimum absolute atomic E-state index is 0.467. The van der Waals surface area contributed by atoms with Gasteiger partial charge in [0.15, 0.2) is 11.4 Å². The SMILES string of the molecule is Cc1nn(C)cc1-c1nc2ncc(Br)c(Oc3ccc(N4CCNC[C@@H]4C)cc3)c2[nH]1. The van der Waals surface area contributed by atoms with Gasteiger partial charge in [0.2, 0.25) is 0 Å². The minimum atomic E-state index is 0.467. The van der Waals surface area contributed by atoms with Crippen molar-refractivity contribution >= 4 is 32.8 Å². The second kappa shape index (κ2) is 7.97. The Morgan fingerprint density at radius 1 is 1.23 bits per heavy atom. The molecule has 31 heavy (non-hydrogen) atoms. The van der Waals surface area contributed by atoms with Crippen LogP contribution < -0.4 is 15.0 Å². The molecule has 0 saturated carbocycles. The lowest BCUT2D eigenvalue weighted by atomic mass is 10.2. The summed E-state index contributed by atoms with van der Waals surface area (Å²) in [6, 6.07) is 8.70. The molecule has 1 aliphatic heterocycles. The Balaban J connectivity index is 1.46. The average Bonchev–Trinajstić information content (AvgIpc) is 3.33. The number of pyridine rings is 1. The smallest absolute Gasteiger partial charge is 0.182 e. The van der Waals surface area contributed by atoms with Crippen LogP contribution in [0.4, 0.5) is 5.69 Å². The predicted molar refractivity (Wildman–Crippen MR) is 125 cm³/mol. The highest BCUT2D eigenvalue weighted by molar-refractivity contribution is 9.10. The van der Waals surface area contributed by atoms with E-state index in [1.165, 1.54) is 5.69 Å². The number of hydrogen-bond acceptors (Lipinski definition) is 6. The quantitative estimate of drug-likeness (QED) is 0.457. The van der Waals surface area contributed by atoms with Gasteiger partial charge in [-0.25, -0.2) is 9.97 Å². The summed E-state index contributed by atoms with van der Waals surface area (Å²) < 4.78 is 8.81. The van der Waals surface area contributed by atoms with Crippen LogP contribution in [0.1, 0.15) is 12.6 Å². The van der Waals surface area contributed by atoms with Gasteiger partial charge in [-0.2, -0.15) is 5.10 Å². The number of anilines is 1. The summed E-state index contributed by atoms with van der Waals surface area (Å²) in [7, 11) is 1.90. The number of nitrogens with zero attached hydrogens (tertiary/aromatic N) is 5. The van der Waals surface area contributed by atoms with E-state index in [0.717, 1.165) is 52.5 Å². The molecule has 0 bridgehead atoms. The van der Waals surface area contributed by atoms with Gasteiger partial charge in [0.25, 0.3) is 0 Å². The van der Waals surface area contributed by atoms with Crippen LogP contribution in [0, 0.1) is 6.92 Å². The summed E-state index contributed by atoms with van der Waals surface area (Å²) in [4.78, 5) is 14.9. The van der Waals surface area contributed by atoms with E-state index in [1.54, 1.807) is 10.9 Å². The topological polar surface area (TPSA) is 83.9 Å². The van der Waals surface area contributed by atoms with Gasteiger partial charge < -0.3 is 19.9 Å². The highest BCUT2D eigenvalue weighted by Crippen LogP contribution is 2.36. The highest BCUT2D eigenvalue weighted by atomic mass is 79.9. The molecule has 5 rings (SSSR count). The molecule has 0 radical (unpaired) electrons. The van der Waals surface area contributed by atoms with E-state index in [-0.39, 0.29) is 0 Å². The van der Waals surface area contributed by atoms with Crippen molar-refractivity contribution in [3.63, 3.8) is 0 Å². The van der Waals surface area contributed by atoms with Gasteiger partial charge >= 0.3 is 0 Å². The zero-order valence-corrected chi connectivity index (χ0v) is 19.3. The number of hydrogen-bond donors (Lipinski definition) is 2. The molecule has 1 atom stereocenters. The molecule has 0 amide bonds. The van der Waals surface area contributed by atoms with Gasteiger partial charge in [-0.1, -0.05) is 0 Å². The molecule has 0 unspecified atom stereocenters. The molecule has 0 aliphatic carbocycles. The van der Waals surface area contributed by atoms with Crippen LogP contribution in [0.2, 0.25) is 0 Å². The van der Waals surface area contributed by atoms with E-state index in [9.17, 15) is 0 Å². The van der Waals surface area contributed by atoms with Crippen LogP contribution in [0.5, 0.6) is 11.5 Å². The number of ether oxygens (including phenoxy) is 1. The molecule has 4 heterocycles. The first-order chi connectivity index (χ1) is 15.0. The van der Waals surface area contributed by atoms with Crippen molar-refractivity contribution in [1.29, 1.82) is 0 Å². The van der Waals surface area contributed by atoms with Crippen molar-refractivity contribution in [2.24, 2.45) is 7.05 Å².